The molecular formula is C25H31N3O3. The maximum atomic E-state index is 12.6. The van der Waals surface area contributed by atoms with Gasteiger partial charge in [-0.3, -0.25) is 14.6 Å². The summed E-state index contributed by atoms with van der Waals surface area (Å²) in [6.07, 6.45) is 5.50. The molecule has 164 valence electrons. The summed E-state index contributed by atoms with van der Waals surface area (Å²) >= 11 is 0. The molecule has 0 spiro atoms. The van der Waals surface area contributed by atoms with Crippen molar-refractivity contribution >= 4 is 11.6 Å². The molecule has 0 radical (unpaired) electrons. The van der Waals surface area contributed by atoms with Gasteiger partial charge in [-0.2, -0.15) is 0 Å². The van der Waals surface area contributed by atoms with Crippen LogP contribution in [0.4, 0.5) is 5.69 Å². The van der Waals surface area contributed by atoms with Crippen molar-refractivity contribution in [3.05, 3.63) is 54.1 Å². The highest BCUT2D eigenvalue weighted by Crippen LogP contribution is 2.34. The zero-order chi connectivity index (χ0) is 21.0. The third-order valence-corrected chi connectivity index (χ3v) is 6.78. The van der Waals surface area contributed by atoms with Crippen molar-refractivity contribution in [2.24, 2.45) is 0 Å². The highest BCUT2D eigenvalue weighted by atomic mass is 16.7. The average Bonchev–Trinajstić information content (AvgIpc) is 3.53. The van der Waals surface area contributed by atoms with Crippen LogP contribution in [0.1, 0.15) is 37.7 Å². The lowest BCUT2D eigenvalue weighted by atomic mass is 10.0. The lowest BCUT2D eigenvalue weighted by Gasteiger charge is -2.35. The highest BCUT2D eigenvalue weighted by Gasteiger charge is 2.37. The molecule has 0 bridgehead atoms. The Hall–Kier alpha value is -2.57. The number of hydrogen-bond donors (Lipinski definition) is 1. The Morgan fingerprint density at radius 1 is 0.935 bits per heavy atom. The van der Waals surface area contributed by atoms with Gasteiger partial charge in [0.25, 0.3) is 0 Å². The number of ether oxygens (including phenoxy) is 2. The molecule has 2 fully saturated rings. The molecule has 5 rings (SSSR count). The number of anilines is 1. The van der Waals surface area contributed by atoms with Crippen LogP contribution in [0.2, 0.25) is 0 Å². The van der Waals surface area contributed by atoms with Crippen LogP contribution in [0.3, 0.4) is 0 Å². The molecule has 2 atom stereocenters. The first-order valence-corrected chi connectivity index (χ1v) is 11.5. The minimum atomic E-state index is 0.0529. The molecular weight excluding hydrogens is 390 g/mol. The Balaban J connectivity index is 1.15. The van der Waals surface area contributed by atoms with Gasteiger partial charge in [-0.15, -0.1) is 0 Å². The number of carbonyl (C=O) groups is 1. The minimum absolute atomic E-state index is 0.0529. The van der Waals surface area contributed by atoms with E-state index in [1.165, 1.54) is 37.8 Å². The maximum absolute atomic E-state index is 12.6. The van der Waals surface area contributed by atoms with Gasteiger partial charge in [-0.1, -0.05) is 30.3 Å². The predicted molar refractivity (Wildman–Crippen MR) is 120 cm³/mol. The lowest BCUT2D eigenvalue weighted by Crippen LogP contribution is -2.46. The Kier molecular flexibility index (Phi) is 6.09. The first kappa shape index (κ1) is 20.3. The lowest BCUT2D eigenvalue weighted by molar-refractivity contribution is -0.116. The van der Waals surface area contributed by atoms with E-state index in [4.69, 9.17) is 9.47 Å². The average molecular weight is 422 g/mol. The van der Waals surface area contributed by atoms with E-state index in [9.17, 15) is 4.79 Å². The number of nitrogens with zero attached hydrogens (tertiary/aromatic N) is 2. The second-order valence-electron chi connectivity index (χ2n) is 8.78. The summed E-state index contributed by atoms with van der Waals surface area (Å²) in [5, 5.41) is 3.01. The summed E-state index contributed by atoms with van der Waals surface area (Å²) in [7, 11) is 0. The van der Waals surface area contributed by atoms with E-state index < -0.39 is 0 Å². The van der Waals surface area contributed by atoms with Crippen LogP contribution >= 0.6 is 0 Å². The standard InChI is InChI=1S/C25H31N3O3/c29-25(26-20-10-11-23-24(16-20)31-18-30-23)12-15-27-13-4-8-21(27)22-9-5-14-28(22)17-19-6-2-1-3-7-19/h1-3,6-7,10-11,16,21-22H,4-5,8-9,12-15,17-18H2,(H,26,29). The van der Waals surface area contributed by atoms with Gasteiger partial charge in [-0.25, -0.2) is 0 Å². The summed E-state index contributed by atoms with van der Waals surface area (Å²) in [6.45, 7) is 4.36. The fraction of sp³-hybridized carbons (Fsp3) is 0.480. The zero-order valence-corrected chi connectivity index (χ0v) is 18.0. The van der Waals surface area contributed by atoms with Gasteiger partial charge in [-0.05, 0) is 56.5 Å². The van der Waals surface area contributed by atoms with Crippen molar-refractivity contribution in [2.75, 3.05) is 31.7 Å². The third kappa shape index (κ3) is 4.70. The molecule has 2 aromatic carbocycles. The number of nitrogens with one attached hydrogen (secondary N) is 1. The topological polar surface area (TPSA) is 54.0 Å². The largest absolute Gasteiger partial charge is 0.454 e. The smallest absolute Gasteiger partial charge is 0.231 e. The first-order valence-electron chi connectivity index (χ1n) is 11.5. The number of rotatable bonds is 7. The molecule has 2 unspecified atom stereocenters. The summed E-state index contributed by atoms with van der Waals surface area (Å²) in [6, 6.07) is 17.5. The molecule has 6 nitrogen and oxygen atoms in total. The van der Waals surface area contributed by atoms with Gasteiger partial charge in [0, 0.05) is 43.3 Å². The molecule has 2 saturated heterocycles. The number of benzene rings is 2. The van der Waals surface area contributed by atoms with Crippen LogP contribution in [0.25, 0.3) is 0 Å². The predicted octanol–water partition coefficient (Wildman–Crippen LogP) is 3.87. The van der Waals surface area contributed by atoms with Gasteiger partial charge in [0.1, 0.15) is 0 Å². The molecule has 0 saturated carbocycles. The quantitative estimate of drug-likeness (QED) is 0.736. The van der Waals surface area contributed by atoms with Crippen LogP contribution in [-0.2, 0) is 11.3 Å². The molecule has 3 heterocycles. The van der Waals surface area contributed by atoms with E-state index in [-0.39, 0.29) is 12.7 Å². The SMILES string of the molecule is O=C(CCN1CCCC1C1CCCN1Cc1ccccc1)Nc1ccc2c(c1)OCO2. The van der Waals surface area contributed by atoms with E-state index in [0.717, 1.165) is 31.1 Å². The molecule has 1 amide bonds. The molecule has 0 aliphatic carbocycles. The van der Waals surface area contributed by atoms with E-state index >= 15 is 0 Å². The van der Waals surface area contributed by atoms with Gasteiger partial charge >= 0.3 is 0 Å². The molecule has 3 aliphatic heterocycles. The number of fused-ring (bicyclic) bond motifs is 1. The maximum Gasteiger partial charge on any atom is 0.231 e. The second-order valence-corrected chi connectivity index (χ2v) is 8.78. The Labute approximate surface area is 184 Å². The van der Waals surface area contributed by atoms with Crippen LogP contribution in [0, 0.1) is 0 Å². The molecule has 6 heteroatoms. The highest BCUT2D eigenvalue weighted by molar-refractivity contribution is 5.91. The fourth-order valence-electron chi connectivity index (χ4n) is 5.31. The Morgan fingerprint density at radius 2 is 1.68 bits per heavy atom. The number of likely N-dealkylation sites (tertiary alicyclic amines) is 2. The van der Waals surface area contributed by atoms with Gasteiger partial charge in [0.15, 0.2) is 11.5 Å². The van der Waals surface area contributed by atoms with Crippen molar-refractivity contribution < 1.29 is 14.3 Å². The molecule has 31 heavy (non-hydrogen) atoms. The van der Waals surface area contributed by atoms with Gasteiger partial charge in [0.05, 0.1) is 0 Å². The number of amides is 1. The van der Waals surface area contributed by atoms with Crippen LogP contribution in [-0.4, -0.2) is 54.2 Å². The van der Waals surface area contributed by atoms with E-state index in [0.29, 0.717) is 24.3 Å². The van der Waals surface area contributed by atoms with Gasteiger partial charge < -0.3 is 14.8 Å². The van der Waals surface area contributed by atoms with Crippen molar-refractivity contribution in [2.45, 2.75) is 50.7 Å². The zero-order valence-electron chi connectivity index (χ0n) is 18.0. The molecule has 3 aliphatic rings. The van der Waals surface area contributed by atoms with E-state index in [1.54, 1.807) is 0 Å². The van der Waals surface area contributed by atoms with Gasteiger partial charge in [0.2, 0.25) is 12.7 Å². The normalized spacial score (nSPS) is 23.4. The van der Waals surface area contributed by atoms with Crippen molar-refractivity contribution in [1.82, 2.24) is 9.80 Å². The van der Waals surface area contributed by atoms with Crippen LogP contribution < -0.4 is 14.8 Å². The molecule has 2 aromatic rings. The Morgan fingerprint density at radius 3 is 2.52 bits per heavy atom. The van der Waals surface area contributed by atoms with Crippen LogP contribution in [0.15, 0.2) is 48.5 Å². The summed E-state index contributed by atoms with van der Waals surface area (Å²) in [5.41, 5.74) is 2.15. The number of hydrogen-bond acceptors (Lipinski definition) is 5. The Bertz CT molecular complexity index is 904. The minimum Gasteiger partial charge on any atom is -0.454 e. The summed E-state index contributed by atoms with van der Waals surface area (Å²) < 4.78 is 10.7. The van der Waals surface area contributed by atoms with Crippen LogP contribution in [0.5, 0.6) is 11.5 Å². The van der Waals surface area contributed by atoms with Crippen molar-refractivity contribution in [1.29, 1.82) is 0 Å². The van der Waals surface area contributed by atoms with E-state index in [1.807, 2.05) is 18.2 Å². The third-order valence-electron chi connectivity index (χ3n) is 6.78. The monoisotopic (exact) mass is 421 g/mol. The first-order chi connectivity index (χ1) is 15.3. The second kappa shape index (κ2) is 9.28. The number of carbonyl (C=O) groups excluding carboxylic acids is 1. The summed E-state index contributed by atoms with van der Waals surface area (Å²) in [5.74, 6) is 1.48. The van der Waals surface area contributed by atoms with E-state index in [2.05, 4.69) is 45.4 Å². The van der Waals surface area contributed by atoms with Crippen molar-refractivity contribution in [3.63, 3.8) is 0 Å². The molecule has 1 N–H and O–H groups in total. The fourth-order valence-corrected chi connectivity index (χ4v) is 5.31. The van der Waals surface area contributed by atoms with Crippen molar-refractivity contribution in [3.8, 4) is 11.5 Å². The summed E-state index contributed by atoms with van der Waals surface area (Å²) in [4.78, 5) is 17.8. The molecule has 0 aromatic heterocycles.